The molecule has 1 N–H and O–H groups in total. The second-order valence-electron chi connectivity index (χ2n) is 2.95. The molecule has 1 aliphatic rings. The number of allylic oxidation sites excluding steroid dienone is 6. The third-order valence-electron chi connectivity index (χ3n) is 1.78. The predicted octanol–water partition coefficient (Wildman–Crippen LogP) is 1.83. The molecule has 0 spiro atoms. The van der Waals surface area contributed by atoms with E-state index in [4.69, 9.17) is 0 Å². The van der Waals surface area contributed by atoms with E-state index in [1.54, 1.807) is 6.82 Å². The molecule has 1 unspecified atom stereocenters. The molecule has 1 atom stereocenters. The normalized spacial score (nSPS) is 22.8. The van der Waals surface area contributed by atoms with Crippen molar-refractivity contribution < 1.29 is 5.02 Å². The highest BCUT2D eigenvalue weighted by atomic mass is 16.2. The van der Waals surface area contributed by atoms with Crippen LogP contribution in [0.3, 0.4) is 0 Å². The van der Waals surface area contributed by atoms with E-state index < -0.39 is 0 Å². The van der Waals surface area contributed by atoms with Gasteiger partial charge in [-0.3, -0.25) is 0 Å². The highest BCUT2D eigenvalue weighted by Gasteiger charge is 2.07. The molecule has 0 amide bonds. The van der Waals surface area contributed by atoms with Crippen molar-refractivity contribution in [2.24, 2.45) is 5.92 Å². The van der Waals surface area contributed by atoms with Crippen LogP contribution < -0.4 is 0 Å². The number of hydrogen-bond donors (Lipinski definition) is 1. The van der Waals surface area contributed by atoms with Gasteiger partial charge < -0.3 is 5.02 Å². The van der Waals surface area contributed by atoms with Crippen LogP contribution in [-0.4, -0.2) is 11.9 Å². The molecule has 0 aromatic heterocycles. The average molecular weight is 148 g/mol. The molecule has 1 nitrogen and oxygen atoms in total. The summed E-state index contributed by atoms with van der Waals surface area (Å²) in [5.74, 6) is 0.475. The van der Waals surface area contributed by atoms with Crippen molar-refractivity contribution in [1.82, 2.24) is 0 Å². The van der Waals surface area contributed by atoms with E-state index in [2.05, 4.69) is 19.1 Å². The lowest BCUT2D eigenvalue weighted by Gasteiger charge is -1.98. The fourth-order valence-corrected chi connectivity index (χ4v) is 1.00. The molecule has 58 valence electrons. The second-order valence-corrected chi connectivity index (χ2v) is 2.95. The molecular formula is C9H13BO. The lowest BCUT2D eigenvalue weighted by atomic mass is 9.63. The minimum Gasteiger partial charge on any atom is -0.447 e. The Bertz CT molecular complexity index is 214. The molecular weight excluding hydrogens is 135 g/mol. The summed E-state index contributed by atoms with van der Waals surface area (Å²) in [6.07, 6.45) is 10.1. The topological polar surface area (TPSA) is 20.2 Å². The average Bonchev–Trinajstić information content (AvgIpc) is 2.13. The summed E-state index contributed by atoms with van der Waals surface area (Å²) in [6, 6.07) is 0. The van der Waals surface area contributed by atoms with Crippen LogP contribution in [0.2, 0.25) is 6.82 Å². The van der Waals surface area contributed by atoms with E-state index in [0.717, 1.165) is 5.47 Å². The molecule has 0 heterocycles. The zero-order valence-corrected chi connectivity index (χ0v) is 6.99. The molecule has 1 rings (SSSR count). The van der Waals surface area contributed by atoms with Gasteiger partial charge in [-0.05, 0) is 11.4 Å². The van der Waals surface area contributed by atoms with Gasteiger partial charge in [0.1, 0.15) is 0 Å². The molecule has 2 heteroatoms. The summed E-state index contributed by atoms with van der Waals surface area (Å²) in [5.41, 5.74) is 0.977. The first kappa shape index (κ1) is 8.34. The van der Waals surface area contributed by atoms with Crippen molar-refractivity contribution in [3.05, 3.63) is 35.9 Å². The van der Waals surface area contributed by atoms with Gasteiger partial charge in [0.15, 0.2) is 0 Å². The maximum Gasteiger partial charge on any atom is 0.320 e. The van der Waals surface area contributed by atoms with Gasteiger partial charge >= 0.3 is 6.92 Å². The van der Waals surface area contributed by atoms with E-state index in [0.29, 0.717) is 5.92 Å². The highest BCUT2D eigenvalue weighted by molar-refractivity contribution is 6.58. The van der Waals surface area contributed by atoms with E-state index in [-0.39, 0.29) is 6.92 Å². The Morgan fingerprint density at radius 1 is 1.45 bits per heavy atom. The second kappa shape index (κ2) is 3.58. The molecule has 0 fully saturated rings. The maximum absolute atomic E-state index is 9.23. The monoisotopic (exact) mass is 148 g/mol. The molecule has 11 heavy (non-hydrogen) atoms. The van der Waals surface area contributed by atoms with Crippen molar-refractivity contribution in [2.45, 2.75) is 13.7 Å². The highest BCUT2D eigenvalue weighted by Crippen LogP contribution is 2.10. The Balaban J connectivity index is 2.76. The smallest absolute Gasteiger partial charge is 0.320 e. The quantitative estimate of drug-likeness (QED) is 0.562. The van der Waals surface area contributed by atoms with Crippen LogP contribution >= 0.6 is 0 Å². The molecule has 0 radical (unpaired) electrons. The van der Waals surface area contributed by atoms with Crippen molar-refractivity contribution in [3.63, 3.8) is 0 Å². The third kappa shape index (κ3) is 2.39. The number of rotatable bonds is 1. The maximum atomic E-state index is 9.23. The number of hydrogen-bond acceptors (Lipinski definition) is 1. The van der Waals surface area contributed by atoms with Crippen LogP contribution in [0.1, 0.15) is 6.92 Å². The van der Waals surface area contributed by atoms with Crippen LogP contribution in [0.25, 0.3) is 0 Å². The van der Waals surface area contributed by atoms with E-state index in [1.165, 1.54) is 0 Å². The molecule has 0 saturated carbocycles. The Morgan fingerprint density at radius 2 is 2.18 bits per heavy atom. The van der Waals surface area contributed by atoms with Gasteiger partial charge in [-0.2, -0.15) is 0 Å². The zero-order chi connectivity index (χ0) is 8.27. The fourth-order valence-electron chi connectivity index (χ4n) is 1.00. The van der Waals surface area contributed by atoms with Gasteiger partial charge in [0.05, 0.1) is 0 Å². The van der Waals surface area contributed by atoms with Crippen molar-refractivity contribution in [3.8, 4) is 0 Å². The summed E-state index contributed by atoms with van der Waals surface area (Å²) < 4.78 is 0. The molecule has 0 aromatic rings. The first-order valence-corrected chi connectivity index (χ1v) is 3.95. The molecule has 0 aliphatic heterocycles. The van der Waals surface area contributed by atoms with Gasteiger partial charge in [-0.1, -0.05) is 44.1 Å². The molecule has 0 saturated heterocycles. The summed E-state index contributed by atoms with van der Waals surface area (Å²) >= 11 is 0. The van der Waals surface area contributed by atoms with Crippen molar-refractivity contribution in [2.75, 3.05) is 0 Å². The summed E-state index contributed by atoms with van der Waals surface area (Å²) in [4.78, 5) is 0. The van der Waals surface area contributed by atoms with Crippen LogP contribution in [0.15, 0.2) is 35.9 Å². The summed E-state index contributed by atoms with van der Waals surface area (Å²) in [6.45, 7) is 3.53. The van der Waals surface area contributed by atoms with Crippen molar-refractivity contribution >= 4 is 6.92 Å². The third-order valence-corrected chi connectivity index (χ3v) is 1.78. The standard InChI is InChI=1S/C9H13BO/c1-8-4-3-5-9(7-6-8)10(2)11/h3-8,11H,1-2H3. The lowest BCUT2D eigenvalue weighted by molar-refractivity contribution is 0.590. The first-order valence-electron chi connectivity index (χ1n) is 3.95. The molecule has 1 aliphatic carbocycles. The van der Waals surface area contributed by atoms with Gasteiger partial charge in [-0.15, -0.1) is 0 Å². The Kier molecular flexibility index (Phi) is 2.72. The minimum absolute atomic E-state index is 0.360. The van der Waals surface area contributed by atoms with E-state index >= 15 is 0 Å². The Morgan fingerprint density at radius 3 is 2.82 bits per heavy atom. The van der Waals surface area contributed by atoms with E-state index in [9.17, 15) is 5.02 Å². The lowest BCUT2D eigenvalue weighted by Crippen LogP contribution is -2.08. The minimum atomic E-state index is -0.360. The SMILES string of the molecule is CB(O)C1=CC=CC(C)C=C1. The van der Waals surface area contributed by atoms with Crippen molar-refractivity contribution in [1.29, 1.82) is 0 Å². The van der Waals surface area contributed by atoms with Crippen LogP contribution in [0.4, 0.5) is 0 Å². The largest absolute Gasteiger partial charge is 0.447 e. The Hall–Kier alpha value is -0.755. The fraction of sp³-hybridized carbons (Fsp3) is 0.333. The van der Waals surface area contributed by atoms with Gasteiger partial charge in [0, 0.05) is 0 Å². The summed E-state index contributed by atoms with van der Waals surface area (Å²) in [5, 5.41) is 9.23. The van der Waals surface area contributed by atoms with Gasteiger partial charge in [-0.25, -0.2) is 0 Å². The van der Waals surface area contributed by atoms with Gasteiger partial charge in [0.25, 0.3) is 0 Å². The van der Waals surface area contributed by atoms with Gasteiger partial charge in [0.2, 0.25) is 0 Å². The molecule has 0 bridgehead atoms. The zero-order valence-electron chi connectivity index (χ0n) is 6.99. The van der Waals surface area contributed by atoms with Crippen LogP contribution in [-0.2, 0) is 0 Å². The first-order chi connectivity index (χ1) is 5.20. The molecule has 0 aromatic carbocycles. The van der Waals surface area contributed by atoms with E-state index in [1.807, 2.05) is 18.2 Å². The Labute approximate surface area is 68.2 Å². The van der Waals surface area contributed by atoms with Crippen LogP contribution in [0, 0.1) is 5.92 Å². The summed E-state index contributed by atoms with van der Waals surface area (Å²) in [7, 11) is 0. The predicted molar refractivity (Wildman–Crippen MR) is 49.4 cm³/mol. The van der Waals surface area contributed by atoms with Crippen LogP contribution in [0.5, 0.6) is 0 Å².